The first-order valence-corrected chi connectivity index (χ1v) is 14.0. The van der Waals surface area contributed by atoms with E-state index >= 15 is 0 Å². The molecule has 0 aliphatic rings. The number of hydrogen-bond donors (Lipinski definition) is 1. The van der Waals surface area contributed by atoms with Gasteiger partial charge in [-0.1, -0.05) is 31.0 Å². The highest BCUT2D eigenvalue weighted by atomic mass is 32.2. The van der Waals surface area contributed by atoms with E-state index in [-0.39, 0.29) is 17.3 Å². The van der Waals surface area contributed by atoms with Crippen LogP contribution in [0, 0.1) is 6.92 Å². The number of nitrogens with zero attached hydrogens (tertiary/aromatic N) is 1. The van der Waals surface area contributed by atoms with Gasteiger partial charge in [-0.3, -0.25) is 4.79 Å². The van der Waals surface area contributed by atoms with E-state index in [4.69, 9.17) is 9.47 Å². The molecule has 202 valence electrons. The van der Waals surface area contributed by atoms with Crippen LogP contribution in [0.5, 0.6) is 5.75 Å². The van der Waals surface area contributed by atoms with Gasteiger partial charge in [-0.25, -0.2) is 13.2 Å². The maximum Gasteiger partial charge on any atom is 0.338 e. The van der Waals surface area contributed by atoms with Crippen molar-refractivity contribution in [1.82, 2.24) is 4.31 Å². The largest absolute Gasteiger partial charge is 0.494 e. The summed E-state index contributed by atoms with van der Waals surface area (Å²) in [7, 11) is -2.25. The maximum atomic E-state index is 13.1. The third-order valence-corrected chi connectivity index (χ3v) is 7.67. The fraction of sp³-hybridized carbons (Fsp3) is 0.310. The molecule has 0 heterocycles. The molecule has 0 unspecified atom stereocenters. The van der Waals surface area contributed by atoms with Crippen LogP contribution in [-0.2, 0) is 21.3 Å². The molecule has 3 aromatic carbocycles. The Morgan fingerprint density at radius 2 is 1.58 bits per heavy atom. The van der Waals surface area contributed by atoms with Gasteiger partial charge >= 0.3 is 5.97 Å². The highest BCUT2D eigenvalue weighted by Crippen LogP contribution is 2.25. The minimum Gasteiger partial charge on any atom is -0.494 e. The van der Waals surface area contributed by atoms with Crippen molar-refractivity contribution in [1.29, 1.82) is 0 Å². The van der Waals surface area contributed by atoms with Gasteiger partial charge in [0.1, 0.15) is 5.75 Å². The molecule has 0 bridgehead atoms. The first-order chi connectivity index (χ1) is 18.1. The van der Waals surface area contributed by atoms with E-state index in [1.807, 2.05) is 20.8 Å². The van der Waals surface area contributed by atoms with Gasteiger partial charge in [-0.15, -0.1) is 0 Å². The molecule has 9 heteroatoms. The lowest BCUT2D eigenvalue weighted by molar-refractivity contribution is 0.0499. The zero-order valence-electron chi connectivity index (χ0n) is 22.2. The molecule has 0 spiro atoms. The van der Waals surface area contributed by atoms with Crippen LogP contribution in [-0.4, -0.2) is 44.9 Å². The SMILES string of the molecule is CCCCOC(=O)c1ccc(NC(=O)c2ccc(OCC)c(CN(C)S(=O)(=O)c3ccc(C)cc3)c2)cc1. The van der Waals surface area contributed by atoms with Gasteiger partial charge in [0.05, 0.1) is 23.7 Å². The van der Waals surface area contributed by atoms with Crippen molar-refractivity contribution in [3.05, 3.63) is 89.0 Å². The molecule has 0 saturated heterocycles. The first-order valence-electron chi connectivity index (χ1n) is 12.5. The number of esters is 1. The predicted octanol–water partition coefficient (Wildman–Crippen LogP) is 5.42. The molecule has 0 aromatic heterocycles. The number of hydrogen-bond acceptors (Lipinski definition) is 6. The van der Waals surface area contributed by atoms with Crippen molar-refractivity contribution >= 4 is 27.6 Å². The molecular weight excluding hydrogens is 504 g/mol. The van der Waals surface area contributed by atoms with E-state index in [9.17, 15) is 18.0 Å². The highest BCUT2D eigenvalue weighted by molar-refractivity contribution is 7.89. The fourth-order valence-electron chi connectivity index (χ4n) is 3.64. The van der Waals surface area contributed by atoms with Crippen LogP contribution in [0.1, 0.15) is 58.5 Å². The van der Waals surface area contributed by atoms with Crippen LogP contribution in [0.3, 0.4) is 0 Å². The normalized spacial score (nSPS) is 11.3. The zero-order valence-corrected chi connectivity index (χ0v) is 23.0. The monoisotopic (exact) mass is 538 g/mol. The second-order valence-corrected chi connectivity index (χ2v) is 10.9. The number of carbonyl (C=O) groups excluding carboxylic acids is 2. The third-order valence-electron chi connectivity index (χ3n) is 5.85. The second-order valence-electron chi connectivity index (χ2n) is 8.85. The third kappa shape index (κ3) is 7.43. The Bertz CT molecular complexity index is 1350. The van der Waals surface area contributed by atoms with Crippen molar-refractivity contribution in [2.24, 2.45) is 0 Å². The summed E-state index contributed by atoms with van der Waals surface area (Å²) in [5, 5.41) is 2.81. The van der Waals surface area contributed by atoms with Crippen LogP contribution in [0.25, 0.3) is 0 Å². The Hall–Kier alpha value is -3.69. The molecule has 0 saturated carbocycles. The van der Waals surface area contributed by atoms with Gasteiger partial charge in [0.2, 0.25) is 10.0 Å². The summed E-state index contributed by atoms with van der Waals surface area (Å²) in [5.74, 6) is -0.283. The Labute approximate surface area is 224 Å². The summed E-state index contributed by atoms with van der Waals surface area (Å²) in [6.07, 6.45) is 1.74. The number of rotatable bonds is 12. The number of sulfonamides is 1. The molecule has 0 atom stereocenters. The van der Waals surface area contributed by atoms with Crippen LogP contribution < -0.4 is 10.1 Å². The summed E-state index contributed by atoms with van der Waals surface area (Å²) >= 11 is 0. The molecule has 1 N–H and O–H groups in total. The van der Waals surface area contributed by atoms with Gasteiger partial charge in [-0.05, 0) is 74.9 Å². The molecule has 3 aromatic rings. The molecule has 38 heavy (non-hydrogen) atoms. The van der Waals surface area contributed by atoms with E-state index in [0.29, 0.717) is 41.3 Å². The van der Waals surface area contributed by atoms with E-state index in [0.717, 1.165) is 18.4 Å². The van der Waals surface area contributed by atoms with E-state index in [1.165, 1.54) is 11.4 Å². The van der Waals surface area contributed by atoms with Gasteiger partial charge < -0.3 is 14.8 Å². The number of ether oxygens (including phenoxy) is 2. The lowest BCUT2D eigenvalue weighted by atomic mass is 10.1. The summed E-state index contributed by atoms with van der Waals surface area (Å²) < 4.78 is 38.3. The van der Waals surface area contributed by atoms with Gasteiger partial charge in [0.15, 0.2) is 0 Å². The standard InChI is InChI=1S/C29H34N2O6S/c1-5-7-18-37-29(33)22-10-13-25(14-11-22)30-28(32)23-12-17-27(36-6-2)24(19-23)20-31(4)38(34,35)26-15-8-21(3)9-16-26/h8-17,19H,5-7,18,20H2,1-4H3,(H,30,32). The fourth-order valence-corrected chi connectivity index (χ4v) is 4.79. The quantitative estimate of drug-likeness (QED) is 0.244. The highest BCUT2D eigenvalue weighted by Gasteiger charge is 2.23. The molecule has 3 rings (SSSR count). The Morgan fingerprint density at radius 3 is 2.21 bits per heavy atom. The number of aryl methyl sites for hydroxylation is 1. The molecule has 0 fully saturated rings. The summed E-state index contributed by atoms with van der Waals surface area (Å²) in [6, 6.07) is 18.0. The van der Waals surface area contributed by atoms with E-state index in [2.05, 4.69) is 5.32 Å². The molecule has 0 aliphatic carbocycles. The van der Waals surface area contributed by atoms with Crippen LogP contribution >= 0.6 is 0 Å². The van der Waals surface area contributed by atoms with Crippen LogP contribution in [0.4, 0.5) is 5.69 Å². The van der Waals surface area contributed by atoms with Crippen molar-refractivity contribution in [2.45, 2.75) is 45.1 Å². The van der Waals surface area contributed by atoms with Gasteiger partial charge in [0.25, 0.3) is 5.91 Å². The van der Waals surface area contributed by atoms with Crippen LogP contribution in [0.2, 0.25) is 0 Å². The van der Waals surface area contributed by atoms with Crippen LogP contribution in [0.15, 0.2) is 71.6 Å². The number of benzene rings is 3. The Kier molecular flexibility index (Phi) is 10.0. The first kappa shape index (κ1) is 28.9. The lowest BCUT2D eigenvalue weighted by Crippen LogP contribution is -2.27. The number of carbonyl (C=O) groups is 2. The van der Waals surface area contributed by atoms with Crippen molar-refractivity contribution < 1.29 is 27.5 Å². The smallest absolute Gasteiger partial charge is 0.338 e. The molecule has 0 aliphatic heterocycles. The van der Waals surface area contributed by atoms with Gasteiger partial charge in [-0.2, -0.15) is 4.31 Å². The summed E-state index contributed by atoms with van der Waals surface area (Å²) in [4.78, 5) is 25.3. The zero-order chi connectivity index (χ0) is 27.7. The Balaban J connectivity index is 1.75. The summed E-state index contributed by atoms with van der Waals surface area (Å²) in [5.41, 5.74) is 2.77. The minimum atomic E-state index is -3.75. The maximum absolute atomic E-state index is 13.1. The molecule has 0 radical (unpaired) electrons. The van der Waals surface area contributed by atoms with E-state index < -0.39 is 16.0 Å². The van der Waals surface area contributed by atoms with Gasteiger partial charge in [0, 0.05) is 30.4 Å². The predicted molar refractivity (Wildman–Crippen MR) is 147 cm³/mol. The average Bonchev–Trinajstić information content (AvgIpc) is 2.90. The number of amides is 1. The molecule has 8 nitrogen and oxygen atoms in total. The summed E-state index contributed by atoms with van der Waals surface area (Å²) in [6.45, 7) is 6.52. The topological polar surface area (TPSA) is 102 Å². The lowest BCUT2D eigenvalue weighted by Gasteiger charge is -2.20. The molecule has 1 amide bonds. The number of nitrogens with one attached hydrogen (secondary N) is 1. The number of unbranched alkanes of at least 4 members (excludes halogenated alkanes) is 1. The Morgan fingerprint density at radius 1 is 0.921 bits per heavy atom. The van der Waals surface area contributed by atoms with Crippen molar-refractivity contribution in [3.63, 3.8) is 0 Å². The van der Waals surface area contributed by atoms with Crippen molar-refractivity contribution in [2.75, 3.05) is 25.6 Å². The van der Waals surface area contributed by atoms with E-state index in [1.54, 1.807) is 66.7 Å². The molecular formula is C29H34N2O6S. The second kappa shape index (κ2) is 13.2. The van der Waals surface area contributed by atoms with Crippen molar-refractivity contribution in [3.8, 4) is 5.75 Å². The number of anilines is 1. The average molecular weight is 539 g/mol. The minimum absolute atomic E-state index is 0.0154.